The van der Waals surface area contributed by atoms with E-state index in [1.807, 2.05) is 54.1 Å². The molecule has 0 fully saturated rings. The van der Waals surface area contributed by atoms with Gasteiger partial charge in [0, 0.05) is 12.4 Å². The Hall–Kier alpha value is -4.46. The molecule has 0 radical (unpaired) electrons. The molecule has 0 aliphatic carbocycles. The molecule has 0 amide bonds. The number of rotatable bonds is 7. The molecule has 0 unspecified atom stereocenters. The summed E-state index contributed by atoms with van der Waals surface area (Å²) in [4.78, 5) is 4.58. The second-order valence-corrected chi connectivity index (χ2v) is 9.90. The summed E-state index contributed by atoms with van der Waals surface area (Å²) in [6.07, 6.45) is 1.67. The highest BCUT2D eigenvalue weighted by molar-refractivity contribution is 6.04. The predicted molar refractivity (Wildman–Crippen MR) is 147 cm³/mol. The Morgan fingerprint density at radius 1 is 0.973 bits per heavy atom. The number of aryl methyl sites for hydroxylation is 1. The maximum atomic E-state index is 6.03. The van der Waals surface area contributed by atoms with Crippen molar-refractivity contribution in [3.05, 3.63) is 83.4 Å². The molecule has 37 heavy (non-hydrogen) atoms. The molecule has 0 atom stereocenters. The monoisotopic (exact) mass is 494 g/mol. The number of methoxy groups -OCH3 is 1. The van der Waals surface area contributed by atoms with Crippen LogP contribution in [0, 0.1) is 0 Å². The minimum atomic E-state index is 0.125. The van der Waals surface area contributed by atoms with E-state index in [1.165, 1.54) is 5.56 Å². The average Bonchev–Trinajstić information content (AvgIpc) is 3.19. The standard InChI is InChI=1S/C29H30N6O2/c1-29(2,3)21-13-10-19(11-14-21)18-37-24-15-12-20(16-25(24)36-5)17-30-33-28-31-27-26(32-34-28)22-8-6-7-9-23(22)35(27)4/h6-17H,18H2,1-5H3,(H,31,33,34)/b30-17+. The van der Waals surface area contributed by atoms with Crippen LogP contribution < -0.4 is 14.9 Å². The summed E-state index contributed by atoms with van der Waals surface area (Å²) < 4.78 is 13.6. The van der Waals surface area contributed by atoms with Gasteiger partial charge in [0.15, 0.2) is 17.1 Å². The van der Waals surface area contributed by atoms with E-state index in [2.05, 4.69) is 70.7 Å². The predicted octanol–water partition coefficient (Wildman–Crippen LogP) is 5.85. The Balaban J connectivity index is 1.26. The molecule has 0 saturated carbocycles. The van der Waals surface area contributed by atoms with Crippen LogP contribution >= 0.6 is 0 Å². The van der Waals surface area contributed by atoms with Crippen LogP contribution in [0.1, 0.15) is 37.5 Å². The van der Waals surface area contributed by atoms with E-state index in [4.69, 9.17) is 9.47 Å². The number of hydrogen-bond donors (Lipinski definition) is 1. The zero-order chi connectivity index (χ0) is 26.0. The number of nitrogens with one attached hydrogen (secondary N) is 1. The number of hydrazone groups is 1. The molecule has 5 rings (SSSR count). The summed E-state index contributed by atoms with van der Waals surface area (Å²) in [5.41, 5.74) is 8.78. The number of aromatic nitrogens is 4. The normalized spacial score (nSPS) is 11.9. The molecule has 8 nitrogen and oxygen atoms in total. The van der Waals surface area contributed by atoms with Gasteiger partial charge in [-0.1, -0.05) is 63.2 Å². The lowest BCUT2D eigenvalue weighted by Crippen LogP contribution is -2.10. The van der Waals surface area contributed by atoms with E-state index in [-0.39, 0.29) is 5.41 Å². The van der Waals surface area contributed by atoms with E-state index in [9.17, 15) is 0 Å². The van der Waals surface area contributed by atoms with E-state index in [1.54, 1.807) is 13.3 Å². The number of fused-ring (bicyclic) bond motifs is 3. The van der Waals surface area contributed by atoms with Gasteiger partial charge in [-0.25, -0.2) is 5.43 Å². The van der Waals surface area contributed by atoms with Gasteiger partial charge in [-0.15, -0.1) is 10.2 Å². The zero-order valence-electron chi connectivity index (χ0n) is 21.7. The van der Waals surface area contributed by atoms with Gasteiger partial charge in [-0.2, -0.15) is 10.1 Å². The summed E-state index contributed by atoms with van der Waals surface area (Å²) in [7, 11) is 3.58. The molecule has 0 aliphatic heterocycles. The van der Waals surface area contributed by atoms with Crippen LogP contribution in [-0.2, 0) is 19.1 Å². The highest BCUT2D eigenvalue weighted by atomic mass is 16.5. The lowest BCUT2D eigenvalue weighted by Gasteiger charge is -2.19. The third-order valence-electron chi connectivity index (χ3n) is 6.29. The van der Waals surface area contributed by atoms with Crippen molar-refractivity contribution in [2.45, 2.75) is 32.8 Å². The number of anilines is 1. The van der Waals surface area contributed by atoms with Gasteiger partial charge in [0.1, 0.15) is 12.1 Å². The largest absolute Gasteiger partial charge is 0.493 e. The average molecular weight is 495 g/mol. The van der Waals surface area contributed by atoms with Gasteiger partial charge in [-0.05, 0) is 46.4 Å². The number of ether oxygens (including phenoxy) is 2. The molecule has 188 valence electrons. The quantitative estimate of drug-likeness (QED) is 0.226. The fourth-order valence-corrected chi connectivity index (χ4v) is 4.16. The van der Waals surface area contributed by atoms with E-state index in [0.29, 0.717) is 24.1 Å². The molecule has 0 spiro atoms. The summed E-state index contributed by atoms with van der Waals surface area (Å²) in [5.74, 6) is 1.62. The number of hydrogen-bond acceptors (Lipinski definition) is 7. The molecule has 2 heterocycles. The first-order chi connectivity index (χ1) is 17.8. The van der Waals surface area contributed by atoms with Crippen molar-refractivity contribution in [3.63, 3.8) is 0 Å². The van der Waals surface area contributed by atoms with Gasteiger partial charge in [0.25, 0.3) is 5.95 Å². The van der Waals surface area contributed by atoms with Crippen LogP contribution in [0.4, 0.5) is 5.95 Å². The number of para-hydroxylation sites is 1. The molecular weight excluding hydrogens is 464 g/mol. The summed E-state index contributed by atoms with van der Waals surface area (Å²) in [6.45, 7) is 7.07. The van der Waals surface area contributed by atoms with Crippen LogP contribution in [0.15, 0.2) is 71.8 Å². The highest BCUT2D eigenvalue weighted by Crippen LogP contribution is 2.29. The van der Waals surface area contributed by atoms with Gasteiger partial charge in [-0.3, -0.25) is 0 Å². The summed E-state index contributed by atoms with van der Waals surface area (Å²) in [5, 5.41) is 13.8. The second-order valence-electron chi connectivity index (χ2n) is 9.90. The van der Waals surface area contributed by atoms with Crippen LogP contribution in [0.3, 0.4) is 0 Å². The Bertz CT molecular complexity index is 1580. The fraction of sp³-hybridized carbons (Fsp3) is 0.241. The molecule has 2 aromatic heterocycles. The van der Waals surface area contributed by atoms with Crippen molar-refractivity contribution in [2.24, 2.45) is 12.1 Å². The third-order valence-corrected chi connectivity index (χ3v) is 6.29. The Morgan fingerprint density at radius 2 is 1.76 bits per heavy atom. The smallest absolute Gasteiger partial charge is 0.265 e. The van der Waals surface area contributed by atoms with Gasteiger partial charge in [0.05, 0.1) is 18.8 Å². The minimum Gasteiger partial charge on any atom is -0.493 e. The van der Waals surface area contributed by atoms with Crippen LogP contribution in [0.25, 0.3) is 22.1 Å². The van der Waals surface area contributed by atoms with Crippen LogP contribution in [0.5, 0.6) is 11.5 Å². The molecule has 1 N–H and O–H groups in total. The molecule has 0 saturated heterocycles. The molecule has 3 aromatic carbocycles. The Labute approximate surface area is 216 Å². The van der Waals surface area contributed by atoms with Crippen molar-refractivity contribution in [2.75, 3.05) is 12.5 Å². The molecular formula is C29H30N6O2. The van der Waals surface area contributed by atoms with Gasteiger partial charge in [0.2, 0.25) is 0 Å². The molecule has 0 bridgehead atoms. The van der Waals surface area contributed by atoms with Crippen LogP contribution in [-0.4, -0.2) is 33.1 Å². The molecule has 5 aromatic rings. The molecule has 8 heteroatoms. The SMILES string of the molecule is COc1cc(/C=N/Nc2nnc3c4ccccc4n(C)c3n2)ccc1OCc1ccc(C(C)(C)C)cc1. The maximum Gasteiger partial charge on any atom is 0.265 e. The third kappa shape index (κ3) is 5.09. The van der Waals surface area contributed by atoms with Crippen LogP contribution in [0.2, 0.25) is 0 Å². The minimum absolute atomic E-state index is 0.125. The van der Waals surface area contributed by atoms with Crippen molar-refractivity contribution < 1.29 is 9.47 Å². The maximum absolute atomic E-state index is 6.03. The van der Waals surface area contributed by atoms with Crippen molar-refractivity contribution in [3.8, 4) is 11.5 Å². The van der Waals surface area contributed by atoms with Crippen molar-refractivity contribution >= 4 is 34.2 Å². The van der Waals surface area contributed by atoms with Crippen molar-refractivity contribution in [1.29, 1.82) is 0 Å². The first-order valence-corrected chi connectivity index (χ1v) is 12.1. The van der Waals surface area contributed by atoms with Gasteiger partial charge < -0.3 is 14.0 Å². The lowest BCUT2D eigenvalue weighted by atomic mass is 9.87. The highest BCUT2D eigenvalue weighted by Gasteiger charge is 2.14. The summed E-state index contributed by atoms with van der Waals surface area (Å²) >= 11 is 0. The topological polar surface area (TPSA) is 86.5 Å². The second kappa shape index (κ2) is 9.89. The Kier molecular flexibility index (Phi) is 6.48. The number of benzene rings is 3. The first-order valence-electron chi connectivity index (χ1n) is 12.1. The van der Waals surface area contributed by atoms with Crippen molar-refractivity contribution in [1.82, 2.24) is 19.7 Å². The zero-order valence-corrected chi connectivity index (χ0v) is 21.7. The van der Waals surface area contributed by atoms with Gasteiger partial charge >= 0.3 is 0 Å². The molecule has 0 aliphatic rings. The lowest BCUT2D eigenvalue weighted by molar-refractivity contribution is 0.284. The van der Waals surface area contributed by atoms with E-state index in [0.717, 1.165) is 33.2 Å². The fourth-order valence-electron chi connectivity index (χ4n) is 4.16. The van der Waals surface area contributed by atoms with E-state index < -0.39 is 0 Å². The number of nitrogens with zero attached hydrogens (tertiary/aromatic N) is 5. The van der Waals surface area contributed by atoms with E-state index >= 15 is 0 Å². The summed E-state index contributed by atoms with van der Waals surface area (Å²) in [6, 6.07) is 22.2. The first kappa shape index (κ1) is 24.2. The Morgan fingerprint density at radius 3 is 2.51 bits per heavy atom.